The van der Waals surface area contributed by atoms with Crippen LogP contribution >= 0.6 is 0 Å². The van der Waals surface area contributed by atoms with Crippen LogP contribution in [0, 0.1) is 6.92 Å². The molecule has 0 aliphatic carbocycles. The molecule has 1 unspecified atom stereocenters. The van der Waals surface area contributed by atoms with Crippen LogP contribution < -0.4 is 19.5 Å². The van der Waals surface area contributed by atoms with Gasteiger partial charge in [0.2, 0.25) is 6.79 Å². The van der Waals surface area contributed by atoms with E-state index in [0.29, 0.717) is 30.3 Å². The van der Waals surface area contributed by atoms with Gasteiger partial charge in [0, 0.05) is 24.7 Å². The number of ether oxygens (including phenoxy) is 3. The van der Waals surface area contributed by atoms with Crippen LogP contribution in [-0.2, 0) is 6.54 Å². The van der Waals surface area contributed by atoms with E-state index in [9.17, 15) is 5.11 Å². The SMILES string of the molecule is Cc1ccc(-c2[nH]ncc2CNCC(O)COc2ccc3c(c2)OCO3)o1. The number of aromatic amines is 1. The van der Waals surface area contributed by atoms with Crippen molar-refractivity contribution in [2.75, 3.05) is 19.9 Å². The molecule has 0 saturated heterocycles. The van der Waals surface area contributed by atoms with Crippen LogP contribution in [0.25, 0.3) is 11.5 Å². The van der Waals surface area contributed by atoms with E-state index in [4.69, 9.17) is 18.6 Å². The van der Waals surface area contributed by atoms with Gasteiger partial charge in [0.25, 0.3) is 0 Å². The van der Waals surface area contributed by atoms with Crippen molar-refractivity contribution < 1.29 is 23.7 Å². The maximum atomic E-state index is 10.1. The number of furan rings is 1. The van der Waals surface area contributed by atoms with E-state index in [1.807, 2.05) is 19.1 Å². The average molecular weight is 371 g/mol. The van der Waals surface area contributed by atoms with Crippen LogP contribution in [0.5, 0.6) is 17.2 Å². The van der Waals surface area contributed by atoms with Crippen molar-refractivity contribution in [2.24, 2.45) is 0 Å². The molecule has 0 amide bonds. The largest absolute Gasteiger partial charge is 0.491 e. The lowest BCUT2D eigenvalue weighted by atomic mass is 10.2. The first-order chi connectivity index (χ1) is 13.2. The number of H-pyrrole nitrogens is 1. The Bertz CT molecular complexity index is 904. The summed E-state index contributed by atoms with van der Waals surface area (Å²) in [6.45, 7) is 3.22. The zero-order valence-corrected chi connectivity index (χ0v) is 14.9. The van der Waals surface area contributed by atoms with Crippen molar-refractivity contribution in [1.29, 1.82) is 0 Å². The minimum absolute atomic E-state index is 0.169. The molecule has 1 atom stereocenters. The van der Waals surface area contributed by atoms with Gasteiger partial charge in [0.05, 0.1) is 6.20 Å². The third kappa shape index (κ3) is 4.07. The molecule has 8 nitrogen and oxygen atoms in total. The molecule has 0 fully saturated rings. The number of nitrogens with zero attached hydrogens (tertiary/aromatic N) is 1. The smallest absolute Gasteiger partial charge is 0.231 e. The fourth-order valence-electron chi connectivity index (χ4n) is 2.82. The lowest BCUT2D eigenvalue weighted by Gasteiger charge is -2.13. The molecule has 0 saturated carbocycles. The Morgan fingerprint density at radius 2 is 2.15 bits per heavy atom. The van der Waals surface area contributed by atoms with Crippen LogP contribution in [0.15, 0.2) is 40.9 Å². The molecular weight excluding hydrogens is 350 g/mol. The Kier molecular flexibility index (Phi) is 4.99. The number of aryl methyl sites for hydroxylation is 1. The highest BCUT2D eigenvalue weighted by atomic mass is 16.7. The van der Waals surface area contributed by atoms with Crippen molar-refractivity contribution in [2.45, 2.75) is 19.6 Å². The average Bonchev–Trinajstić information content (AvgIpc) is 3.39. The van der Waals surface area contributed by atoms with E-state index in [0.717, 1.165) is 22.8 Å². The van der Waals surface area contributed by atoms with E-state index < -0.39 is 6.10 Å². The second kappa shape index (κ2) is 7.73. The van der Waals surface area contributed by atoms with Crippen molar-refractivity contribution in [3.63, 3.8) is 0 Å². The zero-order chi connectivity index (χ0) is 18.6. The quantitative estimate of drug-likeness (QED) is 0.558. The fourth-order valence-corrected chi connectivity index (χ4v) is 2.82. The van der Waals surface area contributed by atoms with Gasteiger partial charge >= 0.3 is 0 Å². The molecule has 1 aliphatic rings. The molecule has 0 spiro atoms. The molecule has 3 N–H and O–H groups in total. The third-order valence-corrected chi connectivity index (χ3v) is 4.19. The predicted octanol–water partition coefficient (Wildman–Crippen LogP) is 2.24. The molecule has 27 heavy (non-hydrogen) atoms. The molecule has 0 radical (unpaired) electrons. The molecule has 3 aromatic rings. The summed E-state index contributed by atoms with van der Waals surface area (Å²) in [6.07, 6.45) is 1.09. The molecule has 0 bridgehead atoms. The van der Waals surface area contributed by atoms with Crippen LogP contribution in [0.2, 0.25) is 0 Å². The van der Waals surface area contributed by atoms with Gasteiger partial charge in [-0.3, -0.25) is 5.10 Å². The first kappa shape index (κ1) is 17.4. The van der Waals surface area contributed by atoms with Crippen LogP contribution in [0.4, 0.5) is 0 Å². The van der Waals surface area contributed by atoms with Gasteiger partial charge in [-0.1, -0.05) is 0 Å². The second-order valence-corrected chi connectivity index (χ2v) is 6.29. The summed E-state index contributed by atoms with van der Waals surface area (Å²) >= 11 is 0. The first-order valence-corrected chi connectivity index (χ1v) is 8.69. The van der Waals surface area contributed by atoms with Crippen LogP contribution in [0.1, 0.15) is 11.3 Å². The lowest BCUT2D eigenvalue weighted by molar-refractivity contribution is 0.106. The highest BCUT2D eigenvalue weighted by Gasteiger charge is 2.15. The summed E-state index contributed by atoms with van der Waals surface area (Å²) in [7, 11) is 0. The second-order valence-electron chi connectivity index (χ2n) is 6.29. The number of aliphatic hydroxyl groups is 1. The fraction of sp³-hybridized carbons (Fsp3) is 0.316. The number of hydrogen-bond donors (Lipinski definition) is 3. The number of hydrogen-bond acceptors (Lipinski definition) is 7. The Balaban J connectivity index is 1.24. The summed E-state index contributed by atoms with van der Waals surface area (Å²) in [6, 6.07) is 9.15. The van der Waals surface area contributed by atoms with Gasteiger partial charge < -0.3 is 29.1 Å². The molecule has 8 heteroatoms. The summed E-state index contributed by atoms with van der Waals surface area (Å²) in [5.41, 5.74) is 1.80. The van der Waals surface area contributed by atoms with E-state index in [1.54, 1.807) is 24.4 Å². The maximum absolute atomic E-state index is 10.1. The van der Waals surface area contributed by atoms with Crippen LogP contribution in [-0.4, -0.2) is 41.4 Å². The highest BCUT2D eigenvalue weighted by Crippen LogP contribution is 2.35. The van der Waals surface area contributed by atoms with Crippen molar-refractivity contribution in [1.82, 2.24) is 15.5 Å². The molecular formula is C19H21N3O5. The number of benzene rings is 1. The number of aliphatic hydroxyl groups excluding tert-OH is 1. The van der Waals surface area contributed by atoms with Gasteiger partial charge in [-0.05, 0) is 31.2 Å². The zero-order valence-electron chi connectivity index (χ0n) is 14.9. The van der Waals surface area contributed by atoms with Crippen molar-refractivity contribution in [3.8, 4) is 28.7 Å². The minimum atomic E-state index is -0.656. The minimum Gasteiger partial charge on any atom is -0.491 e. The molecule has 1 aliphatic heterocycles. The Morgan fingerprint density at radius 1 is 1.26 bits per heavy atom. The Labute approximate surface area is 156 Å². The number of nitrogens with one attached hydrogen (secondary N) is 2. The first-order valence-electron chi connectivity index (χ1n) is 8.69. The van der Waals surface area contributed by atoms with Gasteiger partial charge in [-0.2, -0.15) is 5.10 Å². The third-order valence-electron chi connectivity index (χ3n) is 4.19. The van der Waals surface area contributed by atoms with E-state index in [-0.39, 0.29) is 13.4 Å². The Morgan fingerprint density at radius 3 is 3.00 bits per heavy atom. The van der Waals surface area contributed by atoms with E-state index in [1.165, 1.54) is 0 Å². The molecule has 142 valence electrons. The monoisotopic (exact) mass is 371 g/mol. The van der Waals surface area contributed by atoms with Gasteiger partial charge in [0.1, 0.15) is 29.9 Å². The topological polar surface area (TPSA) is 102 Å². The van der Waals surface area contributed by atoms with E-state index in [2.05, 4.69) is 15.5 Å². The standard InChI is InChI=1S/C19H21N3O5/c1-12-2-4-17(27-12)19-13(8-21-22-19)7-20-9-14(23)10-24-15-3-5-16-18(6-15)26-11-25-16/h2-6,8,14,20,23H,7,9-11H2,1H3,(H,21,22). The summed E-state index contributed by atoms with van der Waals surface area (Å²) in [4.78, 5) is 0. The summed E-state index contributed by atoms with van der Waals surface area (Å²) in [5.74, 6) is 3.57. The van der Waals surface area contributed by atoms with E-state index >= 15 is 0 Å². The highest BCUT2D eigenvalue weighted by molar-refractivity contribution is 5.56. The molecule has 3 heterocycles. The Hall–Kier alpha value is -2.97. The van der Waals surface area contributed by atoms with Gasteiger partial charge in [-0.25, -0.2) is 0 Å². The van der Waals surface area contributed by atoms with Gasteiger partial charge in [-0.15, -0.1) is 0 Å². The number of fused-ring (bicyclic) bond motifs is 1. The normalized spacial score (nSPS) is 13.7. The summed E-state index contributed by atoms with van der Waals surface area (Å²) < 4.78 is 21.8. The summed E-state index contributed by atoms with van der Waals surface area (Å²) in [5, 5.41) is 20.4. The van der Waals surface area contributed by atoms with Crippen molar-refractivity contribution >= 4 is 0 Å². The lowest BCUT2D eigenvalue weighted by Crippen LogP contribution is -2.31. The molecule has 4 rings (SSSR count). The molecule has 1 aromatic carbocycles. The maximum Gasteiger partial charge on any atom is 0.231 e. The number of aromatic nitrogens is 2. The van der Waals surface area contributed by atoms with Crippen LogP contribution in [0.3, 0.4) is 0 Å². The van der Waals surface area contributed by atoms with Gasteiger partial charge in [0.15, 0.2) is 17.3 Å². The predicted molar refractivity (Wildman–Crippen MR) is 96.8 cm³/mol. The number of rotatable bonds is 8. The van der Waals surface area contributed by atoms with Crippen molar-refractivity contribution in [3.05, 3.63) is 47.9 Å². The molecule has 2 aromatic heterocycles.